The van der Waals surface area contributed by atoms with Crippen LogP contribution in [-0.4, -0.2) is 42.6 Å². The van der Waals surface area contributed by atoms with Gasteiger partial charge in [-0.2, -0.15) is 0 Å². The average Bonchev–Trinajstić information content (AvgIpc) is 2.22. The second-order valence-corrected chi connectivity index (χ2v) is 5.83. The van der Waals surface area contributed by atoms with Gasteiger partial charge < -0.3 is 9.80 Å². The summed E-state index contributed by atoms with van der Waals surface area (Å²) in [5.74, 6) is 1.04. The highest BCUT2D eigenvalue weighted by Gasteiger charge is 2.22. The Hall–Kier alpha value is -0.0700. The molecule has 0 N–H and O–H groups in total. The molecule has 1 unspecified atom stereocenters. The van der Waals surface area contributed by atoms with Crippen LogP contribution in [0.1, 0.15) is 6.92 Å². The van der Waals surface area contributed by atoms with Gasteiger partial charge in [0.15, 0.2) is 0 Å². The summed E-state index contributed by atoms with van der Waals surface area (Å²) in [6.07, 6.45) is 1.74. The van der Waals surface area contributed by atoms with Crippen molar-refractivity contribution in [2.75, 3.05) is 31.6 Å². The number of hydrogen-bond donors (Lipinski definition) is 0. The molecule has 3 nitrogen and oxygen atoms in total. The zero-order chi connectivity index (χ0) is 11.7. The maximum atomic E-state index is 5.98. The number of pyridine rings is 1. The van der Waals surface area contributed by atoms with Crippen molar-refractivity contribution in [3.05, 3.63) is 20.9 Å². The third-order valence-corrected chi connectivity index (χ3v) is 4.43. The Labute approximate surface area is 115 Å². The molecule has 0 saturated carbocycles. The van der Waals surface area contributed by atoms with Crippen LogP contribution in [0.2, 0.25) is 5.02 Å². The van der Waals surface area contributed by atoms with E-state index in [1.54, 1.807) is 6.20 Å². The zero-order valence-corrected chi connectivity index (χ0v) is 12.4. The van der Waals surface area contributed by atoms with E-state index in [0.717, 1.165) is 34.0 Å². The predicted molar refractivity (Wildman–Crippen MR) is 76.3 cm³/mol. The Bertz CT molecular complexity index is 385. The van der Waals surface area contributed by atoms with E-state index in [9.17, 15) is 0 Å². The molecule has 1 fully saturated rings. The van der Waals surface area contributed by atoms with Crippen LogP contribution in [0.15, 0.2) is 12.3 Å². The van der Waals surface area contributed by atoms with Gasteiger partial charge in [0.25, 0.3) is 0 Å². The molecule has 1 atom stereocenters. The van der Waals surface area contributed by atoms with Crippen LogP contribution in [0.3, 0.4) is 0 Å². The van der Waals surface area contributed by atoms with E-state index in [2.05, 4.69) is 57.4 Å². The number of anilines is 1. The quantitative estimate of drug-likeness (QED) is 0.725. The molecule has 1 aliphatic heterocycles. The van der Waals surface area contributed by atoms with E-state index >= 15 is 0 Å². The number of nitrogens with zero attached hydrogens (tertiary/aromatic N) is 3. The molecule has 0 aliphatic carbocycles. The van der Waals surface area contributed by atoms with Crippen molar-refractivity contribution in [3.63, 3.8) is 0 Å². The van der Waals surface area contributed by atoms with Gasteiger partial charge in [0.1, 0.15) is 5.82 Å². The molecule has 0 radical (unpaired) electrons. The summed E-state index contributed by atoms with van der Waals surface area (Å²) in [6.45, 7) is 5.44. The van der Waals surface area contributed by atoms with Gasteiger partial charge in [-0.15, -0.1) is 0 Å². The van der Waals surface area contributed by atoms with Gasteiger partial charge in [0.2, 0.25) is 0 Å². The average molecular weight is 352 g/mol. The molecule has 0 aromatic carbocycles. The Morgan fingerprint density at radius 2 is 2.25 bits per heavy atom. The summed E-state index contributed by atoms with van der Waals surface area (Å²) in [6, 6.07) is 2.56. The first-order valence-electron chi connectivity index (χ1n) is 5.34. The maximum absolute atomic E-state index is 5.98. The molecule has 1 aromatic rings. The van der Waals surface area contributed by atoms with Gasteiger partial charge in [-0.25, -0.2) is 4.98 Å². The summed E-state index contributed by atoms with van der Waals surface area (Å²) >= 11 is 8.23. The van der Waals surface area contributed by atoms with E-state index < -0.39 is 0 Å². The predicted octanol–water partition coefficient (Wildman–Crippen LogP) is 2.48. The largest absolute Gasteiger partial charge is 0.351 e. The van der Waals surface area contributed by atoms with Crippen molar-refractivity contribution in [1.82, 2.24) is 9.88 Å². The van der Waals surface area contributed by atoms with E-state index in [-0.39, 0.29) is 0 Å². The molecule has 0 amide bonds. The van der Waals surface area contributed by atoms with Gasteiger partial charge in [-0.05, 0) is 42.6 Å². The van der Waals surface area contributed by atoms with Crippen LogP contribution in [0.5, 0.6) is 0 Å². The first kappa shape index (κ1) is 12.4. The van der Waals surface area contributed by atoms with E-state index in [4.69, 9.17) is 11.6 Å². The van der Waals surface area contributed by atoms with Gasteiger partial charge in [-0.3, -0.25) is 0 Å². The molecule has 5 heteroatoms. The SMILES string of the molecule is CC1CN(C)CCN1c1cc(I)c(Cl)cn1. The maximum Gasteiger partial charge on any atom is 0.129 e. The Balaban J connectivity index is 2.20. The molecule has 88 valence electrons. The minimum Gasteiger partial charge on any atom is -0.351 e. The van der Waals surface area contributed by atoms with Crippen LogP contribution in [-0.2, 0) is 0 Å². The van der Waals surface area contributed by atoms with Crippen LogP contribution in [0.4, 0.5) is 5.82 Å². The third kappa shape index (κ3) is 2.60. The van der Waals surface area contributed by atoms with Gasteiger partial charge >= 0.3 is 0 Å². The Morgan fingerprint density at radius 3 is 2.88 bits per heavy atom. The molecular weight excluding hydrogens is 336 g/mol. The minimum atomic E-state index is 0.503. The Kier molecular flexibility index (Phi) is 3.92. The number of aromatic nitrogens is 1. The number of piperazine rings is 1. The van der Waals surface area contributed by atoms with Crippen LogP contribution in [0.25, 0.3) is 0 Å². The fraction of sp³-hybridized carbons (Fsp3) is 0.545. The van der Waals surface area contributed by atoms with Gasteiger partial charge in [0.05, 0.1) is 5.02 Å². The molecule has 2 rings (SSSR count). The standard InChI is InChI=1S/C11H15ClIN3/c1-8-7-15(2)3-4-16(8)11-5-10(13)9(12)6-14-11/h5-6,8H,3-4,7H2,1-2H3. The molecule has 16 heavy (non-hydrogen) atoms. The number of likely N-dealkylation sites (N-methyl/N-ethyl adjacent to an activating group) is 1. The highest BCUT2D eigenvalue weighted by Crippen LogP contribution is 2.24. The minimum absolute atomic E-state index is 0.503. The number of rotatable bonds is 1. The van der Waals surface area contributed by atoms with Crippen LogP contribution in [0, 0.1) is 3.57 Å². The normalized spacial score (nSPS) is 22.5. The molecule has 0 bridgehead atoms. The zero-order valence-electron chi connectivity index (χ0n) is 9.45. The Morgan fingerprint density at radius 1 is 1.50 bits per heavy atom. The molecular formula is C11H15ClIN3. The molecule has 2 heterocycles. The molecule has 0 spiro atoms. The lowest BCUT2D eigenvalue weighted by Crippen LogP contribution is -2.50. The molecule has 1 aliphatic rings. The van der Waals surface area contributed by atoms with Crippen molar-refractivity contribution in [1.29, 1.82) is 0 Å². The smallest absolute Gasteiger partial charge is 0.129 e. The van der Waals surface area contributed by atoms with Crippen molar-refractivity contribution < 1.29 is 0 Å². The second-order valence-electron chi connectivity index (χ2n) is 4.26. The van der Waals surface area contributed by atoms with Crippen LogP contribution >= 0.6 is 34.2 Å². The summed E-state index contributed by atoms with van der Waals surface area (Å²) < 4.78 is 1.07. The van der Waals surface area contributed by atoms with E-state index in [0.29, 0.717) is 6.04 Å². The van der Waals surface area contributed by atoms with Gasteiger partial charge in [0, 0.05) is 35.4 Å². The fourth-order valence-corrected chi connectivity index (χ4v) is 2.56. The number of halogens is 2. The first-order valence-corrected chi connectivity index (χ1v) is 6.80. The van der Waals surface area contributed by atoms with Crippen molar-refractivity contribution >= 4 is 40.0 Å². The lowest BCUT2D eigenvalue weighted by molar-refractivity contribution is 0.274. The van der Waals surface area contributed by atoms with Crippen molar-refractivity contribution in [3.8, 4) is 0 Å². The van der Waals surface area contributed by atoms with Crippen molar-refractivity contribution in [2.24, 2.45) is 0 Å². The lowest BCUT2D eigenvalue weighted by atomic mass is 10.2. The van der Waals surface area contributed by atoms with E-state index in [1.165, 1.54) is 0 Å². The lowest BCUT2D eigenvalue weighted by Gasteiger charge is -2.39. The van der Waals surface area contributed by atoms with Crippen molar-refractivity contribution in [2.45, 2.75) is 13.0 Å². The summed E-state index contributed by atoms with van der Waals surface area (Å²) in [5.41, 5.74) is 0. The summed E-state index contributed by atoms with van der Waals surface area (Å²) in [7, 11) is 2.16. The summed E-state index contributed by atoms with van der Waals surface area (Å²) in [4.78, 5) is 9.10. The van der Waals surface area contributed by atoms with E-state index in [1.807, 2.05) is 0 Å². The third-order valence-electron chi connectivity index (χ3n) is 2.92. The molecule has 1 aromatic heterocycles. The topological polar surface area (TPSA) is 19.4 Å². The van der Waals surface area contributed by atoms with Crippen LogP contribution < -0.4 is 4.90 Å². The monoisotopic (exact) mass is 351 g/mol. The first-order chi connectivity index (χ1) is 7.58. The highest BCUT2D eigenvalue weighted by molar-refractivity contribution is 14.1. The second kappa shape index (κ2) is 5.06. The number of hydrogen-bond acceptors (Lipinski definition) is 3. The summed E-state index contributed by atoms with van der Waals surface area (Å²) in [5, 5.41) is 0.728. The highest BCUT2D eigenvalue weighted by atomic mass is 127. The van der Waals surface area contributed by atoms with Gasteiger partial charge in [-0.1, -0.05) is 11.6 Å². The molecule has 1 saturated heterocycles. The fourth-order valence-electron chi connectivity index (χ4n) is 2.04.